The van der Waals surface area contributed by atoms with E-state index in [1.165, 1.54) is 12.1 Å². The number of nitrogens with zero attached hydrogens (tertiary/aromatic N) is 5. The molecule has 1 aromatic carbocycles. The maximum Gasteiger partial charge on any atom is 0.322 e. The highest BCUT2D eigenvalue weighted by atomic mass is 19.1. The zero-order chi connectivity index (χ0) is 23.1. The number of halogens is 1. The number of rotatable bonds is 3. The summed E-state index contributed by atoms with van der Waals surface area (Å²) >= 11 is 0. The number of benzene rings is 1. The Morgan fingerprint density at radius 2 is 1.94 bits per heavy atom. The first-order valence-corrected chi connectivity index (χ1v) is 11.4. The van der Waals surface area contributed by atoms with Gasteiger partial charge in [-0.05, 0) is 67.1 Å². The molecule has 1 spiro atoms. The van der Waals surface area contributed by atoms with E-state index in [1.54, 1.807) is 10.6 Å². The number of fused-ring (bicyclic) bond motifs is 3. The van der Waals surface area contributed by atoms with Gasteiger partial charge in [0.25, 0.3) is 0 Å². The van der Waals surface area contributed by atoms with Gasteiger partial charge in [-0.15, -0.1) is 5.10 Å². The highest BCUT2D eigenvalue weighted by Crippen LogP contribution is 2.56. The number of anilines is 2. The van der Waals surface area contributed by atoms with Crippen molar-refractivity contribution < 1.29 is 9.18 Å². The van der Waals surface area contributed by atoms with E-state index in [2.05, 4.69) is 15.4 Å². The molecule has 4 aromatic rings. The molecule has 3 aliphatic rings. The molecular formula is C25H22FN7O. The predicted molar refractivity (Wildman–Crippen MR) is 125 cm³/mol. The first-order chi connectivity index (χ1) is 16.4. The van der Waals surface area contributed by atoms with Gasteiger partial charge in [0.15, 0.2) is 5.65 Å². The lowest BCUT2D eigenvalue weighted by atomic mass is 10.0. The topological polar surface area (TPSA) is 101 Å². The average molecular weight is 455 g/mol. The van der Waals surface area contributed by atoms with Crippen molar-refractivity contribution in [2.45, 2.75) is 36.6 Å². The zero-order valence-corrected chi connectivity index (χ0v) is 18.3. The summed E-state index contributed by atoms with van der Waals surface area (Å²) in [6.07, 6.45) is 7.32. The predicted octanol–water partition coefficient (Wildman–Crippen LogP) is 3.76. The molecule has 2 amide bonds. The standard InChI is InChI=1S/C25H22FN7O/c26-18-3-1-2-17(12-18)25(7-8-25)30-23(34)32-14-24(5-6-24)21-19(32)10-16(13-28-21)15-4-9-33-20(11-15)29-22(27)31-33/h1-4,9-13H,5-8,14H2,(H2,27,31)(H,30,34). The van der Waals surface area contributed by atoms with Crippen LogP contribution in [0.4, 0.5) is 20.8 Å². The third kappa shape index (κ3) is 2.89. The third-order valence-electron chi connectivity index (χ3n) is 7.38. The number of nitrogen functional groups attached to an aromatic ring is 1. The highest BCUT2D eigenvalue weighted by Gasteiger charge is 2.55. The van der Waals surface area contributed by atoms with Crippen LogP contribution < -0.4 is 16.0 Å². The molecule has 2 saturated carbocycles. The number of nitrogens with two attached hydrogens (primary N) is 1. The van der Waals surface area contributed by atoms with E-state index >= 15 is 0 Å². The van der Waals surface area contributed by atoms with E-state index in [9.17, 15) is 9.18 Å². The van der Waals surface area contributed by atoms with Crippen LogP contribution in [0.3, 0.4) is 0 Å². The van der Waals surface area contributed by atoms with Crippen LogP contribution in [0.1, 0.15) is 36.9 Å². The van der Waals surface area contributed by atoms with Gasteiger partial charge in [0, 0.05) is 29.9 Å². The SMILES string of the molecule is Nc1nc2cc(-c3cnc4c(c3)N(C(=O)NC3(c5cccc(F)c5)CC3)CC43CC3)ccn2n1. The largest absolute Gasteiger partial charge is 0.366 e. The van der Waals surface area contributed by atoms with Gasteiger partial charge in [-0.1, -0.05) is 12.1 Å². The molecular weight excluding hydrogens is 433 g/mol. The first-order valence-electron chi connectivity index (χ1n) is 11.4. The second-order valence-corrected chi connectivity index (χ2v) is 9.67. The van der Waals surface area contributed by atoms with Gasteiger partial charge in [0.05, 0.1) is 16.9 Å². The fraction of sp³-hybridized carbons (Fsp3) is 0.280. The molecule has 0 saturated heterocycles. The summed E-state index contributed by atoms with van der Waals surface area (Å²) in [7, 11) is 0. The van der Waals surface area contributed by atoms with Gasteiger partial charge in [-0.3, -0.25) is 9.88 Å². The Morgan fingerprint density at radius 1 is 1.09 bits per heavy atom. The summed E-state index contributed by atoms with van der Waals surface area (Å²) in [5.74, 6) is -0.0724. The Balaban J connectivity index is 1.23. The van der Waals surface area contributed by atoms with E-state index in [-0.39, 0.29) is 23.2 Å². The van der Waals surface area contributed by atoms with Crippen LogP contribution in [0.15, 0.2) is 54.9 Å². The molecule has 3 N–H and O–H groups in total. The van der Waals surface area contributed by atoms with E-state index in [0.29, 0.717) is 12.2 Å². The van der Waals surface area contributed by atoms with Gasteiger partial charge in [0.1, 0.15) is 5.82 Å². The normalized spacial score (nSPS) is 18.8. The fourth-order valence-corrected chi connectivity index (χ4v) is 5.16. The average Bonchev–Trinajstić information content (AvgIpc) is 3.72. The Morgan fingerprint density at radius 3 is 2.71 bits per heavy atom. The van der Waals surface area contributed by atoms with E-state index in [4.69, 9.17) is 10.7 Å². The second kappa shape index (κ2) is 6.53. The molecule has 2 fully saturated rings. The number of hydrogen-bond donors (Lipinski definition) is 2. The summed E-state index contributed by atoms with van der Waals surface area (Å²) in [6, 6.07) is 12.2. The molecule has 1 aliphatic heterocycles. The number of carbonyl (C=O) groups excluding carboxylic acids is 1. The van der Waals surface area contributed by atoms with Crippen molar-refractivity contribution in [2.24, 2.45) is 0 Å². The Labute approximate surface area is 194 Å². The molecule has 8 nitrogen and oxygen atoms in total. The van der Waals surface area contributed by atoms with Gasteiger partial charge < -0.3 is 11.1 Å². The van der Waals surface area contributed by atoms with Crippen LogP contribution in [0.2, 0.25) is 0 Å². The third-order valence-corrected chi connectivity index (χ3v) is 7.38. The quantitative estimate of drug-likeness (QED) is 0.490. The number of urea groups is 1. The van der Waals surface area contributed by atoms with Gasteiger partial charge >= 0.3 is 6.03 Å². The number of nitrogens with one attached hydrogen (secondary N) is 1. The monoisotopic (exact) mass is 455 g/mol. The summed E-state index contributed by atoms with van der Waals surface area (Å²) < 4.78 is 15.5. The molecule has 3 aromatic heterocycles. The maximum atomic E-state index is 13.8. The molecule has 2 aliphatic carbocycles. The fourth-order valence-electron chi connectivity index (χ4n) is 5.16. The van der Waals surface area contributed by atoms with Crippen LogP contribution in [0.5, 0.6) is 0 Å². The van der Waals surface area contributed by atoms with Crippen molar-refractivity contribution in [1.29, 1.82) is 0 Å². The van der Waals surface area contributed by atoms with Gasteiger partial charge in [-0.2, -0.15) is 4.98 Å². The van der Waals surface area contributed by atoms with Crippen LogP contribution in [0, 0.1) is 5.82 Å². The summed E-state index contributed by atoms with van der Waals surface area (Å²) in [4.78, 5) is 24.4. The number of hydrogen-bond acceptors (Lipinski definition) is 5. The highest BCUT2D eigenvalue weighted by molar-refractivity contribution is 5.96. The molecule has 0 bridgehead atoms. The van der Waals surface area contributed by atoms with Crippen LogP contribution in [0.25, 0.3) is 16.8 Å². The van der Waals surface area contributed by atoms with Crippen molar-refractivity contribution in [3.05, 3.63) is 71.9 Å². The summed E-state index contributed by atoms with van der Waals surface area (Å²) in [5.41, 5.74) is 10.3. The van der Waals surface area contributed by atoms with Crippen molar-refractivity contribution in [2.75, 3.05) is 17.2 Å². The van der Waals surface area contributed by atoms with Crippen LogP contribution in [-0.2, 0) is 11.0 Å². The van der Waals surface area contributed by atoms with Crippen LogP contribution >= 0.6 is 0 Å². The molecule has 170 valence electrons. The minimum atomic E-state index is -0.498. The second-order valence-electron chi connectivity index (χ2n) is 9.67. The van der Waals surface area contributed by atoms with E-state index in [1.807, 2.05) is 41.6 Å². The number of carbonyl (C=O) groups is 1. The van der Waals surface area contributed by atoms with Crippen molar-refractivity contribution in [1.82, 2.24) is 24.9 Å². The Bertz CT molecular complexity index is 1490. The zero-order valence-electron chi connectivity index (χ0n) is 18.3. The van der Waals surface area contributed by atoms with Crippen molar-refractivity contribution in [3.8, 4) is 11.1 Å². The van der Waals surface area contributed by atoms with Crippen molar-refractivity contribution in [3.63, 3.8) is 0 Å². The minimum absolute atomic E-state index is 0.0494. The lowest BCUT2D eigenvalue weighted by Crippen LogP contribution is -2.45. The summed E-state index contributed by atoms with van der Waals surface area (Å²) in [6.45, 7) is 0.615. The molecule has 9 heteroatoms. The molecule has 0 atom stereocenters. The molecule has 0 radical (unpaired) electrons. The first kappa shape index (κ1) is 19.5. The molecule has 7 rings (SSSR count). The van der Waals surface area contributed by atoms with Crippen molar-refractivity contribution >= 4 is 23.3 Å². The Hall–Kier alpha value is -4.01. The smallest absolute Gasteiger partial charge is 0.322 e. The number of aromatic nitrogens is 4. The Kier molecular flexibility index (Phi) is 3.74. The maximum absolute atomic E-state index is 13.8. The van der Waals surface area contributed by atoms with E-state index in [0.717, 1.165) is 53.8 Å². The number of amides is 2. The molecule has 4 heterocycles. The lowest BCUT2D eigenvalue weighted by Gasteiger charge is -2.24. The van der Waals surface area contributed by atoms with E-state index < -0.39 is 5.54 Å². The number of pyridine rings is 2. The molecule has 0 unspecified atom stereocenters. The molecule has 34 heavy (non-hydrogen) atoms. The minimum Gasteiger partial charge on any atom is -0.366 e. The summed E-state index contributed by atoms with van der Waals surface area (Å²) in [5, 5.41) is 7.32. The van der Waals surface area contributed by atoms with Crippen LogP contribution in [-0.4, -0.2) is 32.2 Å². The lowest BCUT2D eigenvalue weighted by molar-refractivity contribution is 0.241. The van der Waals surface area contributed by atoms with Gasteiger partial charge in [0.2, 0.25) is 5.95 Å². The van der Waals surface area contributed by atoms with Gasteiger partial charge in [-0.25, -0.2) is 13.7 Å².